The Morgan fingerprint density at radius 2 is 1.23 bits per heavy atom. The van der Waals surface area contributed by atoms with Crippen molar-refractivity contribution in [3.63, 3.8) is 0 Å². The average Bonchev–Trinajstić information content (AvgIpc) is 2.97. The third-order valence-corrected chi connectivity index (χ3v) is 12.2. The van der Waals surface area contributed by atoms with Gasteiger partial charge < -0.3 is 29.0 Å². The Morgan fingerprint density at radius 3 is 1.69 bits per heavy atom. The molecule has 0 radical (unpaired) electrons. The van der Waals surface area contributed by atoms with Crippen LogP contribution in [0.4, 0.5) is 0 Å². The lowest BCUT2D eigenvalue weighted by atomic mass is 10.1. The normalized spacial score (nSPS) is 11.1. The number of benzene rings is 4. The average molecular weight is 663 g/mol. The lowest BCUT2D eigenvalue weighted by molar-refractivity contribution is -0.00000763. The molecular weight excluding hydrogens is 630 g/mol. The summed E-state index contributed by atoms with van der Waals surface area (Å²) in [7, 11) is -2.58. The number of aromatic nitrogens is 2. The van der Waals surface area contributed by atoms with Gasteiger partial charge in [0.15, 0.2) is 7.26 Å². The molecular formula is C33H32IN2OPS. The van der Waals surface area contributed by atoms with Crippen molar-refractivity contribution >= 4 is 40.2 Å². The highest BCUT2D eigenvalue weighted by atomic mass is 127. The standard InChI is InChI=1S/C33H31N2OPS.HI/c1-3-4-24-38-33-30(32(36)34-31(35-33)26-22-20-25(2)21-23-26)37(27-14-8-5-9-15-27,28-16-10-6-11-17-28)29-18-12-7-13-19-29;/h5-23H,3-4,24H2,1-2H3;1H. The topological polar surface area (TPSA) is 45.8 Å². The number of H-pyrrole nitrogens is 1. The molecule has 5 rings (SSSR count). The van der Waals surface area contributed by atoms with E-state index in [4.69, 9.17) is 4.98 Å². The van der Waals surface area contributed by atoms with E-state index in [0.29, 0.717) is 5.82 Å². The van der Waals surface area contributed by atoms with Gasteiger partial charge in [-0.25, -0.2) is 4.98 Å². The van der Waals surface area contributed by atoms with Gasteiger partial charge in [0.05, 0.1) is 0 Å². The van der Waals surface area contributed by atoms with Gasteiger partial charge in [0, 0.05) is 5.56 Å². The number of aryl methyl sites for hydroxylation is 1. The highest BCUT2D eigenvalue weighted by molar-refractivity contribution is 8.04. The molecule has 4 aromatic carbocycles. The fraction of sp³-hybridized carbons (Fsp3) is 0.152. The first-order valence-corrected chi connectivity index (χ1v) is 15.8. The van der Waals surface area contributed by atoms with E-state index in [1.165, 1.54) is 5.56 Å². The van der Waals surface area contributed by atoms with Crippen molar-refractivity contribution in [1.29, 1.82) is 0 Å². The number of unbranched alkanes of at least 4 members (excludes halogenated alkanes) is 1. The molecule has 1 heterocycles. The molecule has 5 aromatic rings. The van der Waals surface area contributed by atoms with Crippen LogP contribution in [0.2, 0.25) is 0 Å². The van der Waals surface area contributed by atoms with Crippen LogP contribution in [0.5, 0.6) is 0 Å². The van der Waals surface area contributed by atoms with E-state index in [1.807, 2.05) is 30.3 Å². The van der Waals surface area contributed by atoms with Crippen LogP contribution in [0.25, 0.3) is 11.4 Å². The van der Waals surface area contributed by atoms with E-state index in [9.17, 15) is 4.79 Å². The molecule has 6 heteroatoms. The zero-order valence-corrected chi connectivity index (χ0v) is 26.0. The van der Waals surface area contributed by atoms with Crippen molar-refractivity contribution in [1.82, 2.24) is 9.97 Å². The molecule has 0 aliphatic carbocycles. The summed E-state index contributed by atoms with van der Waals surface area (Å²) in [4.78, 5) is 22.8. The molecule has 0 aliphatic heterocycles. The number of rotatable bonds is 9. The van der Waals surface area contributed by atoms with Crippen LogP contribution in [-0.4, -0.2) is 15.7 Å². The lowest BCUT2D eigenvalue weighted by Gasteiger charge is -2.28. The van der Waals surface area contributed by atoms with E-state index >= 15 is 0 Å². The number of nitrogens with zero attached hydrogens (tertiary/aromatic N) is 1. The highest BCUT2D eigenvalue weighted by Gasteiger charge is 2.52. The third-order valence-electron chi connectivity index (χ3n) is 6.69. The van der Waals surface area contributed by atoms with Gasteiger partial charge in [-0.3, -0.25) is 4.79 Å². The Morgan fingerprint density at radius 1 is 0.744 bits per heavy atom. The number of thioether (sulfide) groups is 1. The van der Waals surface area contributed by atoms with Crippen LogP contribution >= 0.6 is 19.0 Å². The minimum Gasteiger partial charge on any atom is -1.00 e. The van der Waals surface area contributed by atoms with Gasteiger partial charge >= 0.3 is 0 Å². The van der Waals surface area contributed by atoms with Crippen LogP contribution in [0.15, 0.2) is 125 Å². The quantitative estimate of drug-likeness (QED) is 0.0868. The van der Waals surface area contributed by atoms with Crippen molar-refractivity contribution in [2.24, 2.45) is 0 Å². The van der Waals surface area contributed by atoms with E-state index < -0.39 is 7.26 Å². The monoisotopic (exact) mass is 662 g/mol. The summed E-state index contributed by atoms with van der Waals surface area (Å²) >= 11 is 1.71. The molecule has 1 N–H and O–H groups in total. The fourth-order valence-electron chi connectivity index (χ4n) is 4.79. The molecule has 0 spiro atoms. The smallest absolute Gasteiger partial charge is 0.296 e. The fourth-order valence-corrected chi connectivity index (χ4v) is 10.6. The molecule has 0 fully saturated rings. The van der Waals surface area contributed by atoms with E-state index in [0.717, 1.165) is 50.4 Å². The predicted molar refractivity (Wildman–Crippen MR) is 165 cm³/mol. The summed E-state index contributed by atoms with van der Waals surface area (Å²) in [5.41, 5.74) is 2.02. The van der Waals surface area contributed by atoms with Crippen LogP contribution in [0.3, 0.4) is 0 Å². The van der Waals surface area contributed by atoms with Gasteiger partial charge in [0.25, 0.3) is 5.56 Å². The lowest BCUT2D eigenvalue weighted by Crippen LogP contribution is -3.00. The van der Waals surface area contributed by atoms with Crippen LogP contribution in [0, 0.1) is 6.92 Å². The third kappa shape index (κ3) is 6.06. The molecule has 0 atom stereocenters. The molecule has 39 heavy (non-hydrogen) atoms. The first-order chi connectivity index (χ1) is 18.6. The van der Waals surface area contributed by atoms with Crippen LogP contribution in [0.1, 0.15) is 25.3 Å². The maximum absolute atomic E-state index is 14.4. The molecule has 0 bridgehead atoms. The number of aromatic amines is 1. The Bertz CT molecular complexity index is 1450. The number of nitrogens with one attached hydrogen (secondary N) is 1. The zero-order chi connectivity index (χ0) is 26.4. The van der Waals surface area contributed by atoms with Gasteiger partial charge in [-0.05, 0) is 55.5 Å². The first kappa shape index (κ1) is 29.3. The molecule has 0 unspecified atom stereocenters. The highest BCUT2D eigenvalue weighted by Crippen LogP contribution is 2.54. The Hall–Kier alpha value is -2.73. The second kappa shape index (κ2) is 13.6. The van der Waals surface area contributed by atoms with Gasteiger partial charge in [0.1, 0.15) is 26.8 Å². The van der Waals surface area contributed by atoms with E-state index in [2.05, 4.69) is 104 Å². The van der Waals surface area contributed by atoms with Crippen molar-refractivity contribution in [2.45, 2.75) is 31.7 Å². The second-order valence-electron chi connectivity index (χ2n) is 9.31. The maximum Gasteiger partial charge on any atom is 0.296 e. The minimum atomic E-state index is -2.58. The number of hydrogen-bond acceptors (Lipinski definition) is 3. The van der Waals surface area contributed by atoms with Crippen LogP contribution < -0.4 is 50.8 Å². The summed E-state index contributed by atoms with van der Waals surface area (Å²) in [5.74, 6) is 1.52. The summed E-state index contributed by atoms with van der Waals surface area (Å²) in [6, 6.07) is 39.7. The molecule has 0 saturated carbocycles. The van der Waals surface area contributed by atoms with Gasteiger partial charge in [0.2, 0.25) is 5.30 Å². The molecule has 0 saturated heterocycles. The summed E-state index contributed by atoms with van der Waals surface area (Å²) in [5, 5.41) is 5.03. The van der Waals surface area contributed by atoms with Crippen molar-refractivity contribution in [2.75, 3.05) is 5.75 Å². The Balaban J connectivity index is 0.00000353. The Labute approximate surface area is 252 Å². The minimum absolute atomic E-state index is 0. The van der Waals surface area contributed by atoms with E-state index in [-0.39, 0.29) is 29.5 Å². The molecule has 0 amide bonds. The largest absolute Gasteiger partial charge is 1.00 e. The second-order valence-corrected chi connectivity index (χ2v) is 13.7. The van der Waals surface area contributed by atoms with Gasteiger partial charge in [-0.15, -0.1) is 11.8 Å². The number of hydrogen-bond donors (Lipinski definition) is 1. The van der Waals surface area contributed by atoms with Crippen LogP contribution in [-0.2, 0) is 0 Å². The Kier molecular flexibility index (Phi) is 10.2. The van der Waals surface area contributed by atoms with E-state index in [1.54, 1.807) is 11.8 Å². The van der Waals surface area contributed by atoms with Gasteiger partial charge in [-0.2, -0.15) is 0 Å². The number of halogens is 1. The first-order valence-electron chi connectivity index (χ1n) is 13.0. The SMILES string of the molecule is CCCCSc1nc(-c2ccc(C)cc2)[nH]c(=O)c1[P+](c1ccccc1)(c1ccccc1)c1ccccc1.[I-]. The summed E-state index contributed by atoms with van der Waals surface area (Å²) in [6.07, 6.45) is 2.15. The summed E-state index contributed by atoms with van der Waals surface area (Å²) in [6.45, 7) is 4.26. The molecule has 0 aliphatic rings. The molecule has 1 aromatic heterocycles. The zero-order valence-electron chi connectivity index (χ0n) is 22.2. The van der Waals surface area contributed by atoms with Crippen molar-refractivity contribution in [3.8, 4) is 11.4 Å². The van der Waals surface area contributed by atoms with Crippen molar-refractivity contribution in [3.05, 3.63) is 131 Å². The maximum atomic E-state index is 14.4. The van der Waals surface area contributed by atoms with Gasteiger partial charge in [-0.1, -0.05) is 97.8 Å². The molecule has 198 valence electrons. The predicted octanol–water partition coefficient (Wildman–Crippen LogP) is 3.26. The van der Waals surface area contributed by atoms with Crippen molar-refractivity contribution < 1.29 is 24.0 Å². The molecule has 3 nitrogen and oxygen atoms in total. The summed E-state index contributed by atoms with van der Waals surface area (Å²) < 4.78 is 0.